The van der Waals surface area contributed by atoms with Crippen molar-refractivity contribution in [3.8, 4) is 0 Å². The average molecular weight is 298 g/mol. The van der Waals surface area contributed by atoms with Gasteiger partial charge in [0.1, 0.15) is 0 Å². The number of amides is 1. The third kappa shape index (κ3) is 2.53. The molecule has 1 amide bonds. The average Bonchev–Trinajstić information content (AvgIpc) is 2.83. The number of carbonyl (C=O) groups is 1. The Morgan fingerprint density at radius 1 is 1.05 bits per heavy atom. The van der Waals surface area contributed by atoms with E-state index in [0.717, 1.165) is 5.69 Å². The molecule has 0 spiro atoms. The summed E-state index contributed by atoms with van der Waals surface area (Å²) in [5.41, 5.74) is 1.33. The normalized spacial score (nSPS) is 18.1. The van der Waals surface area contributed by atoms with Gasteiger partial charge in [-0.1, -0.05) is 36.4 Å². The van der Waals surface area contributed by atoms with E-state index in [9.17, 15) is 9.90 Å². The largest absolute Gasteiger partial charge is 0.371 e. The summed E-state index contributed by atoms with van der Waals surface area (Å²) in [6.45, 7) is 0.168. The van der Waals surface area contributed by atoms with E-state index >= 15 is 0 Å². The van der Waals surface area contributed by atoms with Crippen LogP contribution < -0.4 is 4.90 Å². The minimum absolute atomic E-state index is 0.168. The summed E-state index contributed by atoms with van der Waals surface area (Å²) >= 11 is 5.37. The molecule has 2 aromatic carbocycles. The van der Waals surface area contributed by atoms with E-state index in [0.29, 0.717) is 10.7 Å². The second-order valence-electron chi connectivity index (χ2n) is 4.75. The molecule has 1 aliphatic heterocycles. The molecule has 3 rings (SSSR count). The Balaban J connectivity index is 1.87. The fraction of sp³-hybridized carbons (Fsp3) is 0.125. The van der Waals surface area contributed by atoms with Gasteiger partial charge in [0.25, 0.3) is 5.91 Å². The maximum Gasteiger partial charge on any atom is 0.260 e. The molecule has 0 unspecified atom stereocenters. The van der Waals surface area contributed by atoms with Crippen molar-refractivity contribution in [2.75, 3.05) is 11.4 Å². The lowest BCUT2D eigenvalue weighted by Crippen LogP contribution is -2.37. The van der Waals surface area contributed by atoms with Crippen LogP contribution in [0.1, 0.15) is 10.4 Å². The van der Waals surface area contributed by atoms with E-state index in [1.807, 2.05) is 36.4 Å². The van der Waals surface area contributed by atoms with E-state index in [1.54, 1.807) is 29.2 Å². The number of hydrogen-bond donors (Lipinski definition) is 1. The van der Waals surface area contributed by atoms with Crippen LogP contribution in [0.3, 0.4) is 0 Å². The summed E-state index contributed by atoms with van der Waals surface area (Å²) in [5.74, 6) is -0.196. The van der Waals surface area contributed by atoms with Crippen molar-refractivity contribution < 1.29 is 9.90 Å². The van der Waals surface area contributed by atoms with Gasteiger partial charge in [-0.15, -0.1) is 0 Å². The van der Waals surface area contributed by atoms with Crippen LogP contribution in [0.25, 0.3) is 0 Å². The van der Waals surface area contributed by atoms with Gasteiger partial charge in [0.05, 0.1) is 6.54 Å². The van der Waals surface area contributed by atoms with Gasteiger partial charge >= 0.3 is 0 Å². The van der Waals surface area contributed by atoms with Gasteiger partial charge in [0.15, 0.2) is 11.3 Å². The summed E-state index contributed by atoms with van der Waals surface area (Å²) in [6.07, 6.45) is -0.826. The van der Waals surface area contributed by atoms with Crippen molar-refractivity contribution in [3.63, 3.8) is 0 Å². The van der Waals surface area contributed by atoms with Crippen LogP contribution in [0, 0.1) is 0 Å². The number of hydrogen-bond acceptors (Lipinski definition) is 3. The highest BCUT2D eigenvalue weighted by molar-refractivity contribution is 7.80. The SMILES string of the molecule is O=C(c1ccccc1)N1C[C@H](O)N(c2ccccc2)C1=S. The summed E-state index contributed by atoms with van der Waals surface area (Å²) in [7, 11) is 0. The maximum absolute atomic E-state index is 12.5. The number of rotatable bonds is 2. The number of nitrogens with zero attached hydrogens (tertiary/aromatic N) is 2. The molecular weight excluding hydrogens is 284 g/mol. The lowest BCUT2D eigenvalue weighted by atomic mass is 10.2. The smallest absolute Gasteiger partial charge is 0.260 e. The first-order valence-electron chi connectivity index (χ1n) is 6.61. The van der Waals surface area contributed by atoms with E-state index in [-0.39, 0.29) is 12.5 Å². The zero-order valence-electron chi connectivity index (χ0n) is 11.2. The predicted octanol–water partition coefficient (Wildman–Crippen LogP) is 2.25. The highest BCUT2D eigenvalue weighted by atomic mass is 32.1. The number of aliphatic hydroxyl groups is 1. The van der Waals surface area contributed by atoms with Crippen LogP contribution in [-0.2, 0) is 0 Å². The third-order valence-electron chi connectivity index (χ3n) is 3.38. The number of para-hydroxylation sites is 1. The van der Waals surface area contributed by atoms with Crippen molar-refractivity contribution in [2.45, 2.75) is 6.23 Å². The zero-order chi connectivity index (χ0) is 14.8. The molecule has 1 fully saturated rings. The molecule has 4 nitrogen and oxygen atoms in total. The van der Waals surface area contributed by atoms with Crippen molar-refractivity contribution in [1.29, 1.82) is 0 Å². The summed E-state index contributed by atoms with van der Waals surface area (Å²) in [6, 6.07) is 18.3. The van der Waals surface area contributed by atoms with Gasteiger partial charge in [-0.3, -0.25) is 14.6 Å². The van der Waals surface area contributed by atoms with Crippen molar-refractivity contribution in [1.82, 2.24) is 4.90 Å². The first kappa shape index (κ1) is 13.7. The molecule has 1 heterocycles. The Morgan fingerprint density at radius 3 is 2.24 bits per heavy atom. The van der Waals surface area contributed by atoms with Gasteiger partial charge in [-0.25, -0.2) is 0 Å². The van der Waals surface area contributed by atoms with Crippen LogP contribution in [0.4, 0.5) is 5.69 Å². The Morgan fingerprint density at radius 2 is 1.62 bits per heavy atom. The van der Waals surface area contributed by atoms with E-state index in [1.165, 1.54) is 4.90 Å². The first-order valence-corrected chi connectivity index (χ1v) is 7.02. The molecule has 1 atom stereocenters. The molecule has 0 saturated carbocycles. The monoisotopic (exact) mass is 298 g/mol. The van der Waals surface area contributed by atoms with Gasteiger partial charge < -0.3 is 5.11 Å². The van der Waals surface area contributed by atoms with Gasteiger partial charge in [-0.05, 0) is 36.5 Å². The van der Waals surface area contributed by atoms with E-state index < -0.39 is 6.23 Å². The van der Waals surface area contributed by atoms with Crippen molar-refractivity contribution in [2.24, 2.45) is 0 Å². The second kappa shape index (κ2) is 5.63. The third-order valence-corrected chi connectivity index (χ3v) is 3.80. The number of benzene rings is 2. The molecule has 0 bridgehead atoms. The Hall–Kier alpha value is -2.24. The maximum atomic E-state index is 12.5. The number of carbonyl (C=O) groups excluding carboxylic acids is 1. The Kier molecular flexibility index (Phi) is 3.68. The van der Waals surface area contributed by atoms with E-state index in [4.69, 9.17) is 12.2 Å². The molecule has 0 aliphatic carbocycles. The van der Waals surface area contributed by atoms with Crippen molar-refractivity contribution >= 4 is 28.9 Å². The predicted molar refractivity (Wildman–Crippen MR) is 85.0 cm³/mol. The van der Waals surface area contributed by atoms with Crippen LogP contribution in [0.5, 0.6) is 0 Å². The zero-order valence-corrected chi connectivity index (χ0v) is 12.0. The molecule has 1 N–H and O–H groups in total. The van der Waals surface area contributed by atoms with Crippen LogP contribution in [0.2, 0.25) is 0 Å². The molecule has 106 valence electrons. The van der Waals surface area contributed by atoms with Gasteiger partial charge in [0, 0.05) is 11.3 Å². The molecule has 0 radical (unpaired) electrons. The first-order chi connectivity index (χ1) is 10.2. The fourth-order valence-corrected chi connectivity index (χ4v) is 2.74. The van der Waals surface area contributed by atoms with Gasteiger partial charge in [0.2, 0.25) is 0 Å². The van der Waals surface area contributed by atoms with Crippen LogP contribution in [0.15, 0.2) is 60.7 Å². The van der Waals surface area contributed by atoms with E-state index in [2.05, 4.69) is 0 Å². The Bertz CT molecular complexity index is 660. The van der Waals surface area contributed by atoms with Crippen LogP contribution >= 0.6 is 12.2 Å². The standard InChI is InChI=1S/C16H14N2O2S/c19-14-11-17(15(20)12-7-3-1-4-8-12)16(21)18(14)13-9-5-2-6-10-13/h1-10,14,19H,11H2/t14-/m0/s1. The second-order valence-corrected chi connectivity index (χ2v) is 5.12. The number of aliphatic hydroxyl groups excluding tert-OH is 1. The fourth-order valence-electron chi connectivity index (χ4n) is 2.36. The molecule has 5 heteroatoms. The lowest BCUT2D eigenvalue weighted by molar-refractivity contribution is 0.0821. The minimum atomic E-state index is -0.826. The lowest BCUT2D eigenvalue weighted by Gasteiger charge is -2.22. The summed E-state index contributed by atoms with van der Waals surface area (Å²) < 4.78 is 0. The van der Waals surface area contributed by atoms with Crippen LogP contribution in [-0.4, -0.2) is 33.8 Å². The number of β-amino-alcohol motifs (C(OH)–C–C–N with tert-alkyl or cyclic N) is 1. The summed E-state index contributed by atoms with van der Waals surface area (Å²) in [4.78, 5) is 15.5. The highest BCUT2D eigenvalue weighted by Gasteiger charge is 2.37. The summed E-state index contributed by atoms with van der Waals surface area (Å²) in [5, 5.41) is 10.5. The highest BCUT2D eigenvalue weighted by Crippen LogP contribution is 2.24. The molecule has 2 aromatic rings. The minimum Gasteiger partial charge on any atom is -0.371 e. The Labute approximate surface area is 128 Å². The molecule has 0 aromatic heterocycles. The van der Waals surface area contributed by atoms with Gasteiger partial charge in [-0.2, -0.15) is 0 Å². The quantitative estimate of drug-likeness (QED) is 0.864. The number of thiocarbonyl (C=S) groups is 1. The molecule has 1 aliphatic rings. The molecular formula is C16H14N2O2S. The van der Waals surface area contributed by atoms with Crippen molar-refractivity contribution in [3.05, 3.63) is 66.2 Å². The topological polar surface area (TPSA) is 43.8 Å². The molecule has 1 saturated heterocycles. The molecule has 21 heavy (non-hydrogen) atoms. The number of anilines is 1.